The minimum Gasteiger partial charge on any atom is -0.381 e. The normalized spacial score (nSPS) is 30.6. The fourth-order valence-corrected chi connectivity index (χ4v) is 3.45. The van der Waals surface area contributed by atoms with Gasteiger partial charge in [0.15, 0.2) is 0 Å². The Hall–Kier alpha value is 0.360. The molecule has 2 rings (SSSR count). The number of rotatable bonds is 6. The first-order valence-electron chi connectivity index (χ1n) is 7.79. The van der Waals surface area contributed by atoms with Crippen molar-refractivity contribution >= 4 is 15.9 Å². The van der Waals surface area contributed by atoms with Gasteiger partial charge in [0, 0.05) is 31.1 Å². The van der Waals surface area contributed by atoms with Crippen LogP contribution in [0.3, 0.4) is 0 Å². The van der Waals surface area contributed by atoms with Gasteiger partial charge >= 0.3 is 0 Å². The maximum Gasteiger partial charge on any atom is 0.0799 e. The lowest BCUT2D eigenvalue weighted by Gasteiger charge is -2.37. The van der Waals surface area contributed by atoms with Crippen LogP contribution in [-0.4, -0.2) is 55.3 Å². The molecular weight excluding hydrogens is 306 g/mol. The number of hydrogen-bond donors (Lipinski definition) is 0. The molecule has 0 aliphatic carbocycles. The van der Waals surface area contributed by atoms with Crippen molar-refractivity contribution in [3.63, 3.8) is 0 Å². The van der Waals surface area contributed by atoms with Crippen LogP contribution in [0, 0.1) is 5.92 Å². The zero-order chi connectivity index (χ0) is 13.5. The average Bonchev–Trinajstić information content (AvgIpc) is 2.46. The van der Waals surface area contributed by atoms with Gasteiger partial charge in [0.2, 0.25) is 0 Å². The molecule has 3 nitrogen and oxygen atoms in total. The Kier molecular flexibility index (Phi) is 7.13. The molecule has 0 bridgehead atoms. The minimum atomic E-state index is 0.381. The Bertz CT molecular complexity index is 246. The first-order chi connectivity index (χ1) is 9.29. The van der Waals surface area contributed by atoms with E-state index < -0.39 is 0 Å². The molecule has 0 saturated carbocycles. The van der Waals surface area contributed by atoms with E-state index in [1.54, 1.807) is 0 Å². The molecule has 2 heterocycles. The van der Waals surface area contributed by atoms with E-state index in [2.05, 4.69) is 27.8 Å². The predicted molar refractivity (Wildman–Crippen MR) is 82.0 cm³/mol. The van der Waals surface area contributed by atoms with Crippen molar-refractivity contribution in [3.05, 3.63) is 0 Å². The first-order valence-corrected chi connectivity index (χ1v) is 8.91. The number of unbranched alkanes of at least 4 members (excludes halogenated alkanes) is 1. The number of ether oxygens (including phenoxy) is 2. The van der Waals surface area contributed by atoms with Crippen LogP contribution in [0.2, 0.25) is 0 Å². The largest absolute Gasteiger partial charge is 0.381 e. The molecule has 4 heteroatoms. The number of hydrogen-bond acceptors (Lipinski definition) is 3. The minimum absolute atomic E-state index is 0.381. The topological polar surface area (TPSA) is 21.7 Å². The molecule has 2 atom stereocenters. The summed E-state index contributed by atoms with van der Waals surface area (Å²) in [5.41, 5.74) is 0. The highest BCUT2D eigenvalue weighted by Gasteiger charge is 2.24. The van der Waals surface area contributed by atoms with Crippen LogP contribution in [0.4, 0.5) is 0 Å². The van der Waals surface area contributed by atoms with Crippen molar-refractivity contribution in [3.8, 4) is 0 Å². The molecule has 0 aromatic heterocycles. The van der Waals surface area contributed by atoms with Gasteiger partial charge in [-0.2, -0.15) is 0 Å². The summed E-state index contributed by atoms with van der Waals surface area (Å²) in [5.74, 6) is 0.922. The lowest BCUT2D eigenvalue weighted by molar-refractivity contribution is -0.0470. The fourth-order valence-electron chi connectivity index (χ4n) is 3.06. The van der Waals surface area contributed by atoms with Crippen LogP contribution in [0.1, 0.15) is 39.0 Å². The summed E-state index contributed by atoms with van der Waals surface area (Å²) >= 11 is 3.53. The van der Waals surface area contributed by atoms with Crippen LogP contribution in [0.15, 0.2) is 0 Å². The van der Waals surface area contributed by atoms with Crippen LogP contribution >= 0.6 is 15.9 Å². The van der Waals surface area contributed by atoms with Gasteiger partial charge in [0.1, 0.15) is 0 Å². The highest BCUT2D eigenvalue weighted by molar-refractivity contribution is 9.09. The summed E-state index contributed by atoms with van der Waals surface area (Å²) in [4.78, 5) is 2.60. The average molecular weight is 334 g/mol. The molecular formula is C15H28BrNO2. The van der Waals surface area contributed by atoms with Gasteiger partial charge in [-0.1, -0.05) is 28.8 Å². The predicted octanol–water partition coefficient (Wildman–Crippen LogP) is 3.07. The van der Waals surface area contributed by atoms with Gasteiger partial charge in [-0.25, -0.2) is 0 Å². The van der Waals surface area contributed by atoms with E-state index in [1.165, 1.54) is 38.6 Å². The lowest BCUT2D eigenvalue weighted by Crippen LogP contribution is -2.49. The van der Waals surface area contributed by atoms with Crippen molar-refractivity contribution < 1.29 is 9.47 Å². The van der Waals surface area contributed by atoms with Gasteiger partial charge in [-0.15, -0.1) is 0 Å². The van der Waals surface area contributed by atoms with Gasteiger partial charge in [-0.05, 0) is 38.6 Å². The van der Waals surface area contributed by atoms with E-state index in [9.17, 15) is 0 Å². The van der Waals surface area contributed by atoms with Crippen molar-refractivity contribution in [2.75, 3.05) is 38.2 Å². The number of morpholine rings is 1. The Morgan fingerprint density at radius 3 is 2.74 bits per heavy atom. The van der Waals surface area contributed by atoms with E-state index in [4.69, 9.17) is 9.47 Å². The molecule has 0 amide bonds. The molecule has 2 aliphatic rings. The van der Waals surface area contributed by atoms with Crippen LogP contribution in [-0.2, 0) is 9.47 Å². The number of nitrogens with zero attached hydrogens (tertiary/aromatic N) is 1. The third-order valence-electron chi connectivity index (χ3n) is 4.46. The molecule has 19 heavy (non-hydrogen) atoms. The molecule has 0 radical (unpaired) electrons. The Morgan fingerprint density at radius 2 is 2.00 bits per heavy atom. The summed E-state index contributed by atoms with van der Waals surface area (Å²) in [6, 6.07) is 0.582. The molecule has 0 spiro atoms. The highest BCUT2D eigenvalue weighted by atomic mass is 79.9. The van der Waals surface area contributed by atoms with E-state index in [-0.39, 0.29) is 0 Å². The summed E-state index contributed by atoms with van der Waals surface area (Å²) in [5, 5.41) is 0.957. The molecule has 0 aromatic rings. The number of halogens is 1. The summed E-state index contributed by atoms with van der Waals surface area (Å²) in [7, 11) is 0. The van der Waals surface area contributed by atoms with Crippen molar-refractivity contribution in [2.45, 2.75) is 51.2 Å². The SMILES string of the molecule is CC1COC(CBr)CN1CCCCC1CCOCC1. The third-order valence-corrected chi connectivity index (χ3v) is 5.18. The Labute approximate surface area is 126 Å². The molecule has 2 fully saturated rings. The monoisotopic (exact) mass is 333 g/mol. The van der Waals surface area contributed by atoms with Gasteiger partial charge in [-0.3, -0.25) is 4.90 Å². The van der Waals surface area contributed by atoms with Crippen molar-refractivity contribution in [2.24, 2.45) is 5.92 Å². The summed E-state index contributed by atoms with van der Waals surface area (Å²) in [6.45, 7) is 7.45. The van der Waals surface area contributed by atoms with Gasteiger partial charge in [0.05, 0.1) is 12.7 Å². The smallest absolute Gasteiger partial charge is 0.0799 e. The number of alkyl halides is 1. The van der Waals surface area contributed by atoms with E-state index in [0.29, 0.717) is 12.1 Å². The van der Waals surface area contributed by atoms with E-state index >= 15 is 0 Å². The molecule has 0 N–H and O–H groups in total. The lowest BCUT2D eigenvalue weighted by atomic mass is 9.94. The third kappa shape index (κ3) is 5.33. The van der Waals surface area contributed by atoms with Crippen molar-refractivity contribution in [1.82, 2.24) is 4.90 Å². The van der Waals surface area contributed by atoms with Crippen LogP contribution in [0.25, 0.3) is 0 Å². The molecule has 112 valence electrons. The van der Waals surface area contributed by atoms with Crippen LogP contribution in [0.5, 0.6) is 0 Å². The molecule has 2 aliphatic heterocycles. The highest BCUT2D eigenvalue weighted by Crippen LogP contribution is 2.21. The maximum atomic E-state index is 5.77. The molecule has 2 saturated heterocycles. The zero-order valence-electron chi connectivity index (χ0n) is 12.2. The second kappa shape index (κ2) is 8.60. The summed E-state index contributed by atoms with van der Waals surface area (Å²) < 4.78 is 11.2. The maximum absolute atomic E-state index is 5.77. The zero-order valence-corrected chi connectivity index (χ0v) is 13.7. The second-order valence-electron chi connectivity index (χ2n) is 6.01. The molecule has 0 aromatic carbocycles. The first kappa shape index (κ1) is 15.7. The fraction of sp³-hybridized carbons (Fsp3) is 1.00. The van der Waals surface area contributed by atoms with E-state index in [0.717, 1.165) is 37.6 Å². The molecule has 2 unspecified atom stereocenters. The second-order valence-corrected chi connectivity index (χ2v) is 6.65. The summed E-state index contributed by atoms with van der Waals surface area (Å²) in [6.07, 6.45) is 7.03. The quantitative estimate of drug-likeness (QED) is 0.550. The van der Waals surface area contributed by atoms with E-state index in [1.807, 2.05) is 0 Å². The van der Waals surface area contributed by atoms with Gasteiger partial charge in [0.25, 0.3) is 0 Å². The van der Waals surface area contributed by atoms with Crippen LogP contribution < -0.4 is 0 Å². The Morgan fingerprint density at radius 1 is 1.21 bits per heavy atom. The van der Waals surface area contributed by atoms with Crippen molar-refractivity contribution in [1.29, 1.82) is 0 Å². The Balaban J connectivity index is 1.58. The standard InChI is InChI=1S/C15H28BrNO2/c1-13-12-19-15(10-16)11-17(13)7-3-2-4-14-5-8-18-9-6-14/h13-15H,2-12H2,1H3. The van der Waals surface area contributed by atoms with Gasteiger partial charge < -0.3 is 9.47 Å².